The Balaban J connectivity index is 2.29. The van der Waals surface area contributed by atoms with Crippen LogP contribution in [0.4, 0.5) is 13.2 Å². The Labute approximate surface area is 184 Å². The summed E-state index contributed by atoms with van der Waals surface area (Å²) < 4.78 is 42.0. The summed E-state index contributed by atoms with van der Waals surface area (Å²) in [6.07, 6.45) is -0.660. The average Bonchev–Trinajstić information content (AvgIpc) is 2.73. The molecule has 0 aromatic carbocycles. The molecule has 3 rings (SSSR count). The summed E-state index contributed by atoms with van der Waals surface area (Å²) in [4.78, 5) is 33.2. The Hall–Kier alpha value is -3.01. The zero-order chi connectivity index (χ0) is 22.9. The second-order valence-electron chi connectivity index (χ2n) is 6.82. The molecule has 6 nitrogen and oxygen atoms in total. The minimum absolute atomic E-state index is 0.00189. The Morgan fingerprint density at radius 3 is 2.52 bits per heavy atom. The molecular weight excluding hydrogens is 477 g/mol. The van der Waals surface area contributed by atoms with Crippen LogP contribution < -0.4 is 10.7 Å². The van der Waals surface area contributed by atoms with Gasteiger partial charge in [0, 0.05) is 41.4 Å². The van der Waals surface area contributed by atoms with Crippen molar-refractivity contribution in [1.29, 1.82) is 0 Å². The Bertz CT molecular complexity index is 1190. The van der Waals surface area contributed by atoms with Gasteiger partial charge in [0.1, 0.15) is 11.3 Å². The summed E-state index contributed by atoms with van der Waals surface area (Å²) in [5.41, 5.74) is -0.897. The molecule has 0 aliphatic heterocycles. The van der Waals surface area contributed by atoms with Gasteiger partial charge >= 0.3 is 6.18 Å². The number of hydrogen-bond donors (Lipinski definition) is 1. The first-order valence-corrected chi connectivity index (χ1v) is 9.96. The molecule has 3 aromatic heterocycles. The Kier molecular flexibility index (Phi) is 6.30. The number of alkyl halides is 3. The van der Waals surface area contributed by atoms with E-state index >= 15 is 0 Å². The number of nitrogens with one attached hydrogen (secondary N) is 1. The maximum atomic E-state index is 13.2. The number of nitrogens with zero attached hydrogens (tertiary/aromatic N) is 3. The standard InChI is InChI=1S/C21H18BrF3N4O2/c1-11(16-5-4-14(22)9-28-16)29-10-15(20(31)26-3)19(30)18(12(29)2)13-6-7-27-17(8-13)21(23,24)25/h4-11H,1-3H3,(H,26,31). The van der Waals surface area contributed by atoms with E-state index in [0.29, 0.717) is 11.4 Å². The van der Waals surface area contributed by atoms with Crippen molar-refractivity contribution in [2.24, 2.45) is 0 Å². The van der Waals surface area contributed by atoms with Crippen LogP contribution in [0.15, 0.2) is 52.1 Å². The van der Waals surface area contributed by atoms with Crippen molar-refractivity contribution in [2.75, 3.05) is 7.05 Å². The highest BCUT2D eigenvalue weighted by atomic mass is 79.9. The largest absolute Gasteiger partial charge is 0.433 e. The Morgan fingerprint density at radius 1 is 1.23 bits per heavy atom. The van der Waals surface area contributed by atoms with E-state index in [9.17, 15) is 22.8 Å². The zero-order valence-corrected chi connectivity index (χ0v) is 18.4. The summed E-state index contributed by atoms with van der Waals surface area (Å²) in [6.45, 7) is 3.44. The van der Waals surface area contributed by atoms with E-state index in [0.717, 1.165) is 16.7 Å². The zero-order valence-electron chi connectivity index (χ0n) is 16.8. The quantitative estimate of drug-likeness (QED) is 0.584. The summed E-state index contributed by atoms with van der Waals surface area (Å²) in [6, 6.07) is 5.30. The molecule has 10 heteroatoms. The van der Waals surface area contributed by atoms with Gasteiger partial charge in [-0.25, -0.2) is 0 Å². The molecule has 0 aliphatic rings. The molecule has 162 valence electrons. The predicted molar refractivity (Wildman–Crippen MR) is 113 cm³/mol. The first-order chi connectivity index (χ1) is 14.5. The van der Waals surface area contributed by atoms with Crippen molar-refractivity contribution in [3.05, 3.63) is 80.2 Å². The highest BCUT2D eigenvalue weighted by Crippen LogP contribution is 2.31. The number of hydrogen-bond acceptors (Lipinski definition) is 4. The minimum Gasteiger partial charge on any atom is -0.355 e. The fraction of sp³-hybridized carbons (Fsp3) is 0.238. The molecule has 0 radical (unpaired) electrons. The smallest absolute Gasteiger partial charge is 0.355 e. The van der Waals surface area contributed by atoms with Gasteiger partial charge in [0.15, 0.2) is 0 Å². The molecular formula is C21H18BrF3N4O2. The van der Waals surface area contributed by atoms with Gasteiger partial charge in [-0.2, -0.15) is 13.2 Å². The fourth-order valence-corrected chi connectivity index (χ4v) is 3.51. The van der Waals surface area contributed by atoms with Crippen molar-refractivity contribution in [2.45, 2.75) is 26.1 Å². The minimum atomic E-state index is -4.67. The van der Waals surface area contributed by atoms with Crippen molar-refractivity contribution in [3.8, 4) is 11.1 Å². The van der Waals surface area contributed by atoms with E-state index in [1.165, 1.54) is 19.3 Å². The number of carbonyl (C=O) groups is 1. The predicted octanol–water partition coefficient (Wildman–Crippen LogP) is 4.36. The van der Waals surface area contributed by atoms with Gasteiger partial charge in [-0.15, -0.1) is 0 Å². The third-order valence-corrected chi connectivity index (χ3v) is 5.36. The first-order valence-electron chi connectivity index (χ1n) is 9.17. The summed E-state index contributed by atoms with van der Waals surface area (Å²) >= 11 is 3.32. The molecule has 3 aromatic rings. The summed E-state index contributed by atoms with van der Waals surface area (Å²) in [5.74, 6) is -0.638. The van der Waals surface area contributed by atoms with Crippen LogP contribution in [0.3, 0.4) is 0 Å². The summed E-state index contributed by atoms with van der Waals surface area (Å²) in [7, 11) is 1.37. The third-order valence-electron chi connectivity index (χ3n) is 4.90. The molecule has 1 N–H and O–H groups in total. The van der Waals surface area contributed by atoms with Gasteiger partial charge < -0.3 is 9.88 Å². The number of rotatable bonds is 4. The number of carbonyl (C=O) groups excluding carboxylic acids is 1. The molecule has 1 amide bonds. The number of halogens is 4. The normalized spacial score (nSPS) is 12.5. The number of aromatic nitrogens is 3. The molecule has 0 aliphatic carbocycles. The molecule has 1 unspecified atom stereocenters. The molecule has 3 heterocycles. The fourth-order valence-electron chi connectivity index (χ4n) is 3.28. The molecule has 0 saturated heterocycles. The van der Waals surface area contributed by atoms with Crippen LogP contribution >= 0.6 is 15.9 Å². The second-order valence-corrected chi connectivity index (χ2v) is 7.74. The lowest BCUT2D eigenvalue weighted by molar-refractivity contribution is -0.141. The van der Waals surface area contributed by atoms with E-state index in [2.05, 4.69) is 31.2 Å². The number of pyridine rings is 3. The van der Waals surface area contributed by atoms with Crippen LogP contribution in [0.5, 0.6) is 0 Å². The van der Waals surface area contributed by atoms with Gasteiger partial charge in [0.2, 0.25) is 5.43 Å². The first kappa shape index (κ1) is 22.7. The van der Waals surface area contributed by atoms with Crippen LogP contribution in [0, 0.1) is 6.92 Å². The lowest BCUT2D eigenvalue weighted by Gasteiger charge is -2.22. The van der Waals surface area contributed by atoms with Crippen LogP contribution in [-0.2, 0) is 6.18 Å². The molecule has 1 atom stereocenters. The molecule has 31 heavy (non-hydrogen) atoms. The maximum Gasteiger partial charge on any atom is 0.433 e. The van der Waals surface area contributed by atoms with Crippen molar-refractivity contribution >= 4 is 21.8 Å². The lowest BCUT2D eigenvalue weighted by Crippen LogP contribution is -2.30. The third kappa shape index (κ3) is 4.53. The molecule has 0 spiro atoms. The molecule has 0 bridgehead atoms. The van der Waals surface area contributed by atoms with Crippen molar-refractivity contribution in [3.63, 3.8) is 0 Å². The van der Waals surface area contributed by atoms with Crippen LogP contribution in [0.1, 0.15) is 40.4 Å². The highest BCUT2D eigenvalue weighted by molar-refractivity contribution is 9.10. The number of amides is 1. The van der Waals surface area contributed by atoms with Crippen molar-refractivity contribution < 1.29 is 18.0 Å². The monoisotopic (exact) mass is 494 g/mol. The van der Waals surface area contributed by atoms with Crippen molar-refractivity contribution in [1.82, 2.24) is 19.9 Å². The van der Waals surface area contributed by atoms with E-state index in [1.807, 2.05) is 6.92 Å². The van der Waals surface area contributed by atoms with Crippen LogP contribution in [0.25, 0.3) is 11.1 Å². The van der Waals surface area contributed by atoms with E-state index in [-0.39, 0.29) is 16.7 Å². The summed E-state index contributed by atoms with van der Waals surface area (Å²) in [5, 5.41) is 2.40. The topological polar surface area (TPSA) is 76.9 Å². The van der Waals surface area contributed by atoms with Gasteiger partial charge in [-0.3, -0.25) is 19.6 Å². The molecule has 0 fully saturated rings. The van der Waals surface area contributed by atoms with Gasteiger partial charge in [-0.1, -0.05) is 0 Å². The molecule has 0 saturated carbocycles. The van der Waals surface area contributed by atoms with Gasteiger partial charge in [0.05, 0.1) is 11.7 Å². The lowest BCUT2D eigenvalue weighted by atomic mass is 10.00. The van der Waals surface area contributed by atoms with E-state index in [4.69, 9.17) is 0 Å². The second kappa shape index (κ2) is 8.62. The van der Waals surface area contributed by atoms with Crippen LogP contribution in [0.2, 0.25) is 0 Å². The SMILES string of the molecule is CNC(=O)c1cn(C(C)c2ccc(Br)cn2)c(C)c(-c2ccnc(C(F)(F)F)c2)c1=O. The average molecular weight is 495 g/mol. The van der Waals surface area contributed by atoms with Gasteiger partial charge in [0.25, 0.3) is 5.91 Å². The van der Waals surface area contributed by atoms with E-state index in [1.54, 1.807) is 29.8 Å². The van der Waals surface area contributed by atoms with Crippen LogP contribution in [-0.4, -0.2) is 27.5 Å². The van der Waals surface area contributed by atoms with E-state index < -0.39 is 29.2 Å². The maximum absolute atomic E-state index is 13.2. The highest BCUT2D eigenvalue weighted by Gasteiger charge is 2.33. The van der Waals surface area contributed by atoms with Gasteiger partial charge in [-0.05, 0) is 59.6 Å². The Morgan fingerprint density at radius 2 is 1.94 bits per heavy atom.